The van der Waals surface area contributed by atoms with Gasteiger partial charge < -0.3 is 36.8 Å². The van der Waals surface area contributed by atoms with Crippen LogP contribution in [0.5, 0.6) is 5.75 Å². The van der Waals surface area contributed by atoms with Crippen LogP contribution in [0.15, 0.2) is 33.7 Å². The number of rotatable bonds is 13. The van der Waals surface area contributed by atoms with Gasteiger partial charge in [-0.15, -0.1) is 15.6 Å². The molecule has 0 unspecified atom stereocenters. The fraction of sp³-hybridized carbons (Fsp3) is 0.581. The second kappa shape index (κ2) is 14.8. The van der Waals surface area contributed by atoms with Gasteiger partial charge in [0, 0.05) is 10.9 Å². The molecule has 1 saturated carbocycles. The van der Waals surface area contributed by atoms with Gasteiger partial charge in [0.1, 0.15) is 29.4 Å². The number of amidine groups is 1. The van der Waals surface area contributed by atoms with Crippen molar-refractivity contribution in [1.82, 2.24) is 20.7 Å². The summed E-state index contributed by atoms with van der Waals surface area (Å²) >= 11 is 1.04. The summed E-state index contributed by atoms with van der Waals surface area (Å²) in [5.74, 6) is -0.0849. The Kier molecular flexibility index (Phi) is 11.0. The van der Waals surface area contributed by atoms with Crippen LogP contribution in [0, 0.1) is 5.92 Å². The van der Waals surface area contributed by atoms with Crippen LogP contribution >= 0.6 is 11.3 Å². The number of hydroxylamine groups is 2. The van der Waals surface area contributed by atoms with Gasteiger partial charge in [0.15, 0.2) is 16.4 Å². The lowest BCUT2D eigenvalue weighted by atomic mass is 9.84. The number of nitrogens with two attached hydrogens (primary N) is 2. The third kappa shape index (κ3) is 8.18. The molecule has 50 heavy (non-hydrogen) atoms. The Labute approximate surface area is 294 Å². The van der Waals surface area contributed by atoms with E-state index >= 15 is 0 Å². The number of nitrogens with one attached hydrogen (secondary N) is 2. The molecule has 3 aliphatic rings. The number of hydrogen-bond donors (Lipinski definition) is 6. The van der Waals surface area contributed by atoms with Gasteiger partial charge in [0.2, 0.25) is 0 Å². The number of ether oxygens (including phenoxy) is 1. The number of fused-ring (bicyclic) bond motifs is 1. The number of nitrogens with zero attached hydrogens (tertiary/aromatic N) is 4. The molecule has 274 valence electrons. The highest BCUT2D eigenvalue weighted by Gasteiger charge is 2.58. The number of nitrogen functional groups attached to an aromatic ring is 1. The van der Waals surface area contributed by atoms with Crippen LogP contribution in [-0.2, 0) is 35.5 Å². The number of oxime groups is 1. The van der Waals surface area contributed by atoms with Crippen LogP contribution in [0.4, 0.5) is 5.13 Å². The van der Waals surface area contributed by atoms with Gasteiger partial charge in [-0.25, -0.2) is 4.98 Å². The van der Waals surface area contributed by atoms with Gasteiger partial charge in [-0.3, -0.25) is 19.1 Å². The standard InChI is InChI=1S/C31H44N8O9S2/c1-30(2)25(28(42)39(30)48-50(43,44)45)37-27(41)24(21-15-49-29(33)36-21)38-47-31(3,16-40)23-12-8-18-13-19(7-11-22(18)46-23)26(32)35-20-9-5-17(6-10-20)14-34-4/h7,11,13,15,17,20,23,25,34,40H,5-6,8-10,12,14,16H2,1-4H3,(H2,32,35)(H2,33,36)(H,37,41)(H,43,44,45)/b38-24-/t17?,20?,23-,25-,31-/m1/s1. The Balaban J connectivity index is 1.28. The second-order valence-electron chi connectivity index (χ2n) is 13.5. The summed E-state index contributed by atoms with van der Waals surface area (Å²) in [6, 6.07) is 4.57. The fourth-order valence-corrected chi connectivity index (χ4v) is 7.38. The SMILES string of the molecule is CNCC1CCC(N=C(N)c2ccc3c(c2)CC[C@H]([C@@](C)(CO)O/N=C(\C(=O)N[C@@H]2C(=O)N(OS(=O)(=O)O)C2(C)C)c2csc(N)n2)O3)CC1. The third-order valence-corrected chi connectivity index (χ3v) is 10.4. The second-order valence-corrected chi connectivity index (χ2v) is 15.4. The van der Waals surface area contributed by atoms with Crippen molar-refractivity contribution in [3.8, 4) is 5.75 Å². The zero-order valence-electron chi connectivity index (χ0n) is 28.3. The molecule has 8 N–H and O–H groups in total. The Bertz CT molecular complexity index is 1760. The molecular weight excluding hydrogens is 693 g/mol. The number of aryl methyl sites for hydroxylation is 1. The number of benzene rings is 1. The number of carbonyl (C=O) groups is 2. The average molecular weight is 737 g/mol. The zero-order valence-corrected chi connectivity index (χ0v) is 29.9. The van der Waals surface area contributed by atoms with E-state index in [-0.39, 0.29) is 22.6 Å². The summed E-state index contributed by atoms with van der Waals surface area (Å²) in [7, 11) is -3.02. The summed E-state index contributed by atoms with van der Waals surface area (Å²) in [6.07, 6.45) is 4.58. The lowest BCUT2D eigenvalue weighted by molar-refractivity contribution is -0.218. The minimum absolute atomic E-state index is 0.0358. The smallest absolute Gasteiger partial charge is 0.418 e. The molecule has 19 heteroatoms. The van der Waals surface area contributed by atoms with Crippen molar-refractivity contribution in [2.24, 2.45) is 21.8 Å². The highest BCUT2D eigenvalue weighted by molar-refractivity contribution is 7.80. The normalized spacial score (nSPS) is 25.2. The molecule has 3 atom stereocenters. The first-order valence-electron chi connectivity index (χ1n) is 16.2. The lowest BCUT2D eigenvalue weighted by Gasteiger charge is -2.50. The number of aliphatic hydroxyl groups excluding tert-OH is 1. The predicted molar refractivity (Wildman–Crippen MR) is 185 cm³/mol. The van der Waals surface area contributed by atoms with Crippen LogP contribution < -0.4 is 26.8 Å². The van der Waals surface area contributed by atoms with Gasteiger partial charge in [-0.05, 0) is 103 Å². The van der Waals surface area contributed by atoms with Gasteiger partial charge in [-0.1, -0.05) is 5.16 Å². The molecule has 5 rings (SSSR count). The van der Waals surface area contributed by atoms with Crippen LogP contribution in [0.1, 0.15) is 69.7 Å². The molecule has 1 aromatic heterocycles. The Hall–Kier alpha value is -3.88. The number of carbonyl (C=O) groups excluding carboxylic acids is 2. The Morgan fingerprint density at radius 3 is 2.58 bits per heavy atom. The number of anilines is 1. The molecule has 2 aromatic rings. The molecule has 2 fully saturated rings. The maximum atomic E-state index is 13.5. The van der Waals surface area contributed by atoms with Crippen molar-refractivity contribution in [2.75, 3.05) is 25.9 Å². The molecule has 0 spiro atoms. The van der Waals surface area contributed by atoms with Crippen molar-refractivity contribution < 1.29 is 41.5 Å². The topological polar surface area (TPSA) is 253 Å². The lowest BCUT2D eigenvalue weighted by Crippen LogP contribution is -2.76. The summed E-state index contributed by atoms with van der Waals surface area (Å²) in [5.41, 5.74) is 10.8. The van der Waals surface area contributed by atoms with Crippen LogP contribution in [0.2, 0.25) is 0 Å². The highest BCUT2D eigenvalue weighted by Crippen LogP contribution is 2.35. The first kappa shape index (κ1) is 37.4. The Morgan fingerprint density at radius 2 is 1.98 bits per heavy atom. The Morgan fingerprint density at radius 1 is 1.26 bits per heavy atom. The number of hydrogen-bond acceptors (Lipinski definition) is 14. The molecule has 3 heterocycles. The highest BCUT2D eigenvalue weighted by atomic mass is 32.3. The maximum absolute atomic E-state index is 13.5. The molecule has 0 radical (unpaired) electrons. The van der Waals surface area contributed by atoms with Crippen LogP contribution in [0.3, 0.4) is 0 Å². The number of amides is 2. The van der Waals surface area contributed by atoms with Crippen LogP contribution in [0.25, 0.3) is 0 Å². The van der Waals surface area contributed by atoms with E-state index in [4.69, 9.17) is 30.6 Å². The minimum Gasteiger partial charge on any atom is -0.486 e. The zero-order chi connectivity index (χ0) is 36.4. The first-order chi connectivity index (χ1) is 23.5. The van der Waals surface area contributed by atoms with Crippen molar-refractivity contribution in [2.45, 2.75) is 88.6 Å². The van der Waals surface area contributed by atoms with E-state index in [1.165, 1.54) is 19.2 Å². The van der Waals surface area contributed by atoms with Crippen molar-refractivity contribution >= 4 is 50.2 Å². The molecule has 1 aliphatic carbocycles. The molecule has 17 nitrogen and oxygen atoms in total. The fourth-order valence-electron chi connectivity index (χ4n) is 6.38. The predicted octanol–water partition coefficient (Wildman–Crippen LogP) is 0.914. The van der Waals surface area contributed by atoms with Crippen molar-refractivity contribution in [3.05, 3.63) is 40.4 Å². The van der Waals surface area contributed by atoms with E-state index in [2.05, 4.69) is 25.1 Å². The summed E-state index contributed by atoms with van der Waals surface area (Å²) in [5, 5.41) is 22.3. The van der Waals surface area contributed by atoms with Crippen molar-refractivity contribution in [1.29, 1.82) is 0 Å². The monoisotopic (exact) mass is 736 g/mol. The van der Waals surface area contributed by atoms with E-state index in [1.807, 2.05) is 25.2 Å². The maximum Gasteiger partial charge on any atom is 0.418 e. The number of aromatic nitrogens is 1. The summed E-state index contributed by atoms with van der Waals surface area (Å²) < 4.78 is 42.0. The largest absolute Gasteiger partial charge is 0.486 e. The number of aliphatic hydroxyl groups is 1. The van der Waals surface area contributed by atoms with E-state index < -0.39 is 52.1 Å². The number of aliphatic imine (C=N–C) groups is 1. The van der Waals surface area contributed by atoms with Gasteiger partial charge >= 0.3 is 10.4 Å². The van der Waals surface area contributed by atoms with E-state index in [0.717, 1.165) is 54.7 Å². The molecule has 1 aromatic carbocycles. The average Bonchev–Trinajstić information content (AvgIpc) is 3.51. The quantitative estimate of drug-likeness (QED) is 0.0551. The first-order valence-corrected chi connectivity index (χ1v) is 18.5. The number of thiazole rings is 1. The van der Waals surface area contributed by atoms with E-state index in [0.29, 0.717) is 35.4 Å². The molecule has 1 saturated heterocycles. The molecule has 2 aliphatic heterocycles. The molecular formula is C31H44N8O9S2. The number of β-lactam (4-membered cyclic amide) rings is 1. The van der Waals surface area contributed by atoms with E-state index in [1.54, 1.807) is 6.92 Å². The summed E-state index contributed by atoms with van der Waals surface area (Å²) in [4.78, 5) is 40.9. The van der Waals surface area contributed by atoms with Gasteiger partial charge in [-0.2, -0.15) is 13.5 Å². The van der Waals surface area contributed by atoms with Gasteiger partial charge in [0.25, 0.3) is 11.8 Å². The van der Waals surface area contributed by atoms with E-state index in [9.17, 15) is 23.1 Å². The van der Waals surface area contributed by atoms with Gasteiger partial charge in [0.05, 0.1) is 18.2 Å². The van der Waals surface area contributed by atoms with Crippen molar-refractivity contribution in [3.63, 3.8) is 0 Å². The molecule has 2 amide bonds. The van der Waals surface area contributed by atoms with Crippen LogP contribution in [-0.4, -0.2) is 101 Å². The summed E-state index contributed by atoms with van der Waals surface area (Å²) in [6.45, 7) is 4.91. The third-order valence-electron chi connectivity index (χ3n) is 9.37. The minimum atomic E-state index is -4.99. The molecule has 0 bridgehead atoms.